The van der Waals surface area contributed by atoms with E-state index in [-0.39, 0.29) is 11.7 Å². The van der Waals surface area contributed by atoms with Crippen molar-refractivity contribution >= 4 is 17.5 Å². The number of aromatic nitrogens is 2. The van der Waals surface area contributed by atoms with E-state index in [1.165, 1.54) is 6.07 Å². The molecule has 5 nitrogen and oxygen atoms in total. The lowest BCUT2D eigenvalue weighted by molar-refractivity contribution is 0.0627. The highest BCUT2D eigenvalue weighted by Crippen LogP contribution is 2.22. The van der Waals surface area contributed by atoms with Gasteiger partial charge in [0.2, 0.25) is 0 Å². The molecule has 0 radical (unpaired) electrons. The number of halogens is 2. The van der Waals surface area contributed by atoms with Gasteiger partial charge < -0.3 is 4.90 Å². The number of carbonyl (C=O) groups excluding carboxylic acids is 1. The van der Waals surface area contributed by atoms with Crippen LogP contribution in [0.4, 0.5) is 4.39 Å². The summed E-state index contributed by atoms with van der Waals surface area (Å²) in [6, 6.07) is 14.5. The number of carbonyl (C=O) groups is 1. The van der Waals surface area contributed by atoms with Gasteiger partial charge in [-0.3, -0.25) is 14.4 Å². The lowest BCUT2D eigenvalue weighted by Crippen LogP contribution is -2.48. The smallest absolute Gasteiger partial charge is 0.253 e. The Morgan fingerprint density at radius 2 is 1.74 bits per heavy atom. The summed E-state index contributed by atoms with van der Waals surface area (Å²) in [5.74, 6) is -0.257. The lowest BCUT2D eigenvalue weighted by atomic mass is 10.1. The Balaban J connectivity index is 1.33. The predicted octanol–water partition coefficient (Wildman–Crippen LogP) is 4.30. The van der Waals surface area contributed by atoms with Crippen molar-refractivity contribution in [2.75, 3.05) is 26.2 Å². The number of aryl methyl sites for hydroxylation is 2. The van der Waals surface area contributed by atoms with Crippen molar-refractivity contribution in [3.63, 3.8) is 0 Å². The Morgan fingerprint density at radius 3 is 2.35 bits per heavy atom. The van der Waals surface area contributed by atoms with Crippen molar-refractivity contribution in [1.82, 2.24) is 19.6 Å². The molecular formula is C24H26ClFN4O. The molecule has 0 unspecified atom stereocenters. The van der Waals surface area contributed by atoms with E-state index in [4.69, 9.17) is 11.6 Å². The number of rotatable bonds is 5. The maximum absolute atomic E-state index is 14.0. The summed E-state index contributed by atoms with van der Waals surface area (Å²) < 4.78 is 16.0. The third kappa shape index (κ3) is 4.97. The van der Waals surface area contributed by atoms with Crippen LogP contribution in [0.3, 0.4) is 0 Å². The largest absolute Gasteiger partial charge is 0.336 e. The van der Waals surface area contributed by atoms with Crippen LogP contribution in [0.25, 0.3) is 0 Å². The Kier molecular flexibility index (Phi) is 6.39. The molecule has 0 atom stereocenters. The first kappa shape index (κ1) is 21.5. The maximum Gasteiger partial charge on any atom is 0.253 e. The summed E-state index contributed by atoms with van der Waals surface area (Å²) in [5.41, 5.74) is 4.42. The molecule has 3 aromatic rings. The van der Waals surface area contributed by atoms with Crippen LogP contribution in [0.15, 0.2) is 48.5 Å². The maximum atomic E-state index is 14.0. The van der Waals surface area contributed by atoms with Crippen LogP contribution in [0.5, 0.6) is 0 Å². The number of amides is 1. The van der Waals surface area contributed by atoms with E-state index >= 15 is 0 Å². The lowest BCUT2D eigenvalue weighted by Gasteiger charge is -2.35. The summed E-state index contributed by atoms with van der Waals surface area (Å²) in [7, 11) is 0. The molecular weight excluding hydrogens is 415 g/mol. The van der Waals surface area contributed by atoms with Gasteiger partial charge >= 0.3 is 0 Å². The minimum Gasteiger partial charge on any atom is -0.336 e. The zero-order valence-corrected chi connectivity index (χ0v) is 18.6. The van der Waals surface area contributed by atoms with Gasteiger partial charge in [0, 0.05) is 54.6 Å². The number of hydrogen-bond acceptors (Lipinski definition) is 3. The van der Waals surface area contributed by atoms with E-state index in [2.05, 4.69) is 16.1 Å². The second-order valence-corrected chi connectivity index (χ2v) is 8.46. The number of benzene rings is 2. The van der Waals surface area contributed by atoms with Crippen molar-refractivity contribution in [2.24, 2.45) is 0 Å². The minimum absolute atomic E-state index is 0.0289. The first-order chi connectivity index (χ1) is 14.9. The molecule has 2 heterocycles. The molecule has 0 spiro atoms. The summed E-state index contributed by atoms with van der Waals surface area (Å²) in [4.78, 5) is 16.9. The van der Waals surface area contributed by atoms with Crippen LogP contribution in [-0.4, -0.2) is 51.7 Å². The van der Waals surface area contributed by atoms with E-state index in [9.17, 15) is 9.18 Å². The van der Waals surface area contributed by atoms with Crippen LogP contribution < -0.4 is 0 Å². The molecule has 2 aromatic carbocycles. The standard InChI is InChI=1S/C24H26ClFN4O/c1-17-14-18(2)30(27-17)15-19-6-8-20(9-7-19)24(31)29-12-10-28(11-13-29)16-21-22(25)4-3-5-23(21)26/h3-9,14H,10-13,15-16H2,1-2H3. The van der Waals surface area contributed by atoms with Gasteiger partial charge in [0.25, 0.3) is 5.91 Å². The molecule has 1 saturated heterocycles. The first-order valence-electron chi connectivity index (χ1n) is 10.5. The van der Waals surface area contributed by atoms with Gasteiger partial charge in [-0.1, -0.05) is 29.8 Å². The molecule has 0 aliphatic carbocycles. The van der Waals surface area contributed by atoms with Crippen LogP contribution in [0.2, 0.25) is 5.02 Å². The Hall–Kier alpha value is -2.70. The van der Waals surface area contributed by atoms with E-state index in [0.717, 1.165) is 17.0 Å². The molecule has 4 rings (SSSR count). The van der Waals surface area contributed by atoms with Gasteiger partial charge in [-0.2, -0.15) is 5.10 Å². The monoisotopic (exact) mass is 440 g/mol. The molecule has 0 N–H and O–H groups in total. The summed E-state index contributed by atoms with van der Waals surface area (Å²) >= 11 is 6.14. The molecule has 0 bridgehead atoms. The predicted molar refractivity (Wildman–Crippen MR) is 120 cm³/mol. The highest BCUT2D eigenvalue weighted by molar-refractivity contribution is 6.31. The zero-order valence-electron chi connectivity index (χ0n) is 17.8. The third-order valence-corrected chi connectivity index (χ3v) is 6.09. The highest BCUT2D eigenvalue weighted by Gasteiger charge is 2.23. The fourth-order valence-electron chi connectivity index (χ4n) is 3.96. The average molecular weight is 441 g/mol. The number of hydrogen-bond donors (Lipinski definition) is 0. The van der Waals surface area contributed by atoms with Gasteiger partial charge in [0.1, 0.15) is 5.82 Å². The summed E-state index contributed by atoms with van der Waals surface area (Å²) in [5, 5.41) is 4.93. The van der Waals surface area contributed by atoms with E-state index in [0.29, 0.717) is 55.4 Å². The number of nitrogens with zero attached hydrogens (tertiary/aromatic N) is 4. The SMILES string of the molecule is Cc1cc(C)n(Cc2ccc(C(=O)N3CCN(Cc4c(F)cccc4Cl)CC3)cc2)n1. The quantitative estimate of drug-likeness (QED) is 0.594. The van der Waals surface area contributed by atoms with Gasteiger partial charge in [-0.25, -0.2) is 4.39 Å². The molecule has 1 fully saturated rings. The zero-order chi connectivity index (χ0) is 22.0. The second-order valence-electron chi connectivity index (χ2n) is 8.05. The summed E-state index contributed by atoms with van der Waals surface area (Å²) in [6.45, 7) is 7.75. The fraction of sp³-hybridized carbons (Fsp3) is 0.333. The van der Waals surface area contributed by atoms with Crippen LogP contribution >= 0.6 is 11.6 Å². The van der Waals surface area contributed by atoms with Crippen molar-refractivity contribution in [1.29, 1.82) is 0 Å². The normalized spacial score (nSPS) is 14.8. The van der Waals surface area contributed by atoms with Gasteiger partial charge in [0.15, 0.2) is 0 Å². The molecule has 162 valence electrons. The minimum atomic E-state index is -0.286. The molecule has 7 heteroatoms. The summed E-state index contributed by atoms with van der Waals surface area (Å²) in [6.07, 6.45) is 0. The molecule has 0 saturated carbocycles. The number of piperazine rings is 1. The molecule has 1 amide bonds. The van der Waals surface area contributed by atoms with Gasteiger partial charge in [-0.05, 0) is 49.7 Å². The van der Waals surface area contributed by atoms with Crippen LogP contribution in [0, 0.1) is 19.7 Å². The van der Waals surface area contributed by atoms with Gasteiger partial charge in [0.05, 0.1) is 12.2 Å². The Labute approximate surface area is 187 Å². The van der Waals surface area contributed by atoms with Crippen LogP contribution in [-0.2, 0) is 13.1 Å². The molecule has 1 aromatic heterocycles. The topological polar surface area (TPSA) is 41.4 Å². The van der Waals surface area contributed by atoms with Crippen molar-refractivity contribution < 1.29 is 9.18 Å². The molecule has 1 aliphatic heterocycles. The third-order valence-electron chi connectivity index (χ3n) is 5.74. The second kappa shape index (κ2) is 9.20. The average Bonchev–Trinajstić information content (AvgIpc) is 3.08. The van der Waals surface area contributed by atoms with E-state index in [1.54, 1.807) is 12.1 Å². The van der Waals surface area contributed by atoms with Crippen molar-refractivity contribution in [2.45, 2.75) is 26.9 Å². The Bertz CT molecular complexity index is 1050. The molecule has 31 heavy (non-hydrogen) atoms. The highest BCUT2D eigenvalue weighted by atomic mass is 35.5. The first-order valence-corrected chi connectivity index (χ1v) is 10.8. The Morgan fingerprint density at radius 1 is 1.03 bits per heavy atom. The van der Waals surface area contributed by atoms with Gasteiger partial charge in [-0.15, -0.1) is 0 Å². The van der Waals surface area contributed by atoms with Crippen molar-refractivity contribution in [3.8, 4) is 0 Å². The fourth-order valence-corrected chi connectivity index (χ4v) is 4.18. The van der Waals surface area contributed by atoms with E-state index in [1.807, 2.05) is 47.7 Å². The van der Waals surface area contributed by atoms with Crippen LogP contribution in [0.1, 0.15) is 32.9 Å². The van der Waals surface area contributed by atoms with Crippen molar-refractivity contribution in [3.05, 3.63) is 87.4 Å². The molecule has 1 aliphatic rings. The van der Waals surface area contributed by atoms with E-state index < -0.39 is 0 Å².